The van der Waals surface area contributed by atoms with Gasteiger partial charge in [-0.2, -0.15) is 10.2 Å². The molecule has 0 aliphatic rings. The third kappa shape index (κ3) is 5.39. The number of aromatic nitrogens is 2. The summed E-state index contributed by atoms with van der Waals surface area (Å²) in [5, 5.41) is 9.35. The summed E-state index contributed by atoms with van der Waals surface area (Å²) in [6, 6.07) is 15.9. The highest BCUT2D eigenvalue weighted by atomic mass is 16.5. The summed E-state index contributed by atoms with van der Waals surface area (Å²) in [6.07, 6.45) is 0.639. The van der Waals surface area contributed by atoms with Crippen LogP contribution < -0.4 is 20.9 Å². The lowest BCUT2D eigenvalue weighted by atomic mass is 10.1. The van der Waals surface area contributed by atoms with Crippen LogP contribution in [-0.4, -0.2) is 36.3 Å². The highest BCUT2D eigenvalue weighted by Gasteiger charge is 2.13. The van der Waals surface area contributed by atoms with E-state index in [1.54, 1.807) is 48.5 Å². The fourth-order valence-corrected chi connectivity index (χ4v) is 2.79. The standard InChI is InChI=1S/C22H21N5O4/c1-29-21(28)14-6-8-16(9-7-14)30-10-3-11-31-17-5-2-4-15(12-17)19-18(13-23)20(24)27-22(25)26-19/h2,4-9,12H,3,10-11H2,1H3,(H4,24,25,26,27). The molecule has 31 heavy (non-hydrogen) atoms. The zero-order valence-electron chi connectivity index (χ0n) is 16.9. The lowest BCUT2D eigenvalue weighted by molar-refractivity contribution is 0.0600. The Hall–Kier alpha value is -4.32. The van der Waals surface area contributed by atoms with Crippen LogP contribution in [0.3, 0.4) is 0 Å². The minimum Gasteiger partial charge on any atom is -0.493 e. The van der Waals surface area contributed by atoms with Gasteiger partial charge in [0.25, 0.3) is 0 Å². The Morgan fingerprint density at radius 2 is 1.74 bits per heavy atom. The van der Waals surface area contributed by atoms with Crippen molar-refractivity contribution in [2.75, 3.05) is 31.8 Å². The predicted molar refractivity (Wildman–Crippen MR) is 114 cm³/mol. The van der Waals surface area contributed by atoms with E-state index in [2.05, 4.69) is 14.7 Å². The molecule has 4 N–H and O–H groups in total. The molecule has 0 aliphatic heterocycles. The number of nitrogens with zero attached hydrogens (tertiary/aromatic N) is 3. The van der Waals surface area contributed by atoms with Crippen LogP contribution in [0.15, 0.2) is 48.5 Å². The molecule has 0 aliphatic carbocycles. The van der Waals surface area contributed by atoms with Crippen molar-refractivity contribution in [1.29, 1.82) is 5.26 Å². The second kappa shape index (κ2) is 9.93. The molecule has 0 fully saturated rings. The lowest BCUT2D eigenvalue weighted by Crippen LogP contribution is -2.06. The molecule has 1 aromatic heterocycles. The first kappa shape index (κ1) is 21.4. The molecule has 2 aromatic carbocycles. The van der Waals surface area contributed by atoms with Gasteiger partial charge in [0.15, 0.2) is 0 Å². The van der Waals surface area contributed by atoms with Crippen molar-refractivity contribution in [2.45, 2.75) is 6.42 Å². The van der Waals surface area contributed by atoms with Gasteiger partial charge in [0.05, 0.1) is 31.6 Å². The Morgan fingerprint density at radius 3 is 2.42 bits per heavy atom. The zero-order chi connectivity index (χ0) is 22.2. The molecule has 1 heterocycles. The molecule has 0 saturated heterocycles. The van der Waals surface area contributed by atoms with E-state index in [1.807, 2.05) is 6.07 Å². The first-order valence-corrected chi connectivity index (χ1v) is 9.39. The maximum atomic E-state index is 11.4. The molecule has 0 atom stereocenters. The number of hydrogen-bond donors (Lipinski definition) is 2. The second-order valence-electron chi connectivity index (χ2n) is 6.40. The predicted octanol–water partition coefficient (Wildman–Crippen LogP) is 2.81. The quantitative estimate of drug-likeness (QED) is 0.415. The molecule has 9 heteroatoms. The normalized spacial score (nSPS) is 10.2. The minimum atomic E-state index is -0.392. The van der Waals surface area contributed by atoms with Gasteiger partial charge in [-0.15, -0.1) is 0 Å². The van der Waals surface area contributed by atoms with Crippen LogP contribution in [0.1, 0.15) is 22.3 Å². The molecule has 0 radical (unpaired) electrons. The molecule has 158 valence electrons. The van der Waals surface area contributed by atoms with Gasteiger partial charge in [-0.3, -0.25) is 0 Å². The summed E-state index contributed by atoms with van der Waals surface area (Å²) in [5.74, 6) is 0.899. The number of esters is 1. The molecule has 0 spiro atoms. The third-order valence-electron chi connectivity index (χ3n) is 4.28. The maximum Gasteiger partial charge on any atom is 0.337 e. The molecule has 3 rings (SSSR count). The summed E-state index contributed by atoms with van der Waals surface area (Å²) < 4.78 is 16.1. The van der Waals surface area contributed by atoms with Gasteiger partial charge in [-0.05, 0) is 36.4 Å². The molecule has 0 bridgehead atoms. The average molecular weight is 419 g/mol. The maximum absolute atomic E-state index is 11.4. The number of methoxy groups -OCH3 is 1. The van der Waals surface area contributed by atoms with E-state index in [-0.39, 0.29) is 17.3 Å². The number of anilines is 2. The fraction of sp³-hybridized carbons (Fsp3) is 0.182. The second-order valence-corrected chi connectivity index (χ2v) is 6.40. The summed E-state index contributed by atoms with van der Waals surface area (Å²) in [7, 11) is 1.34. The monoisotopic (exact) mass is 419 g/mol. The van der Waals surface area contributed by atoms with Gasteiger partial charge in [0.1, 0.15) is 28.9 Å². The Kier molecular flexibility index (Phi) is 6.85. The van der Waals surface area contributed by atoms with Crippen LogP contribution in [0.25, 0.3) is 11.3 Å². The first-order chi connectivity index (χ1) is 15.0. The number of nitrogen functional groups attached to an aromatic ring is 2. The molecule has 0 unspecified atom stereocenters. The Morgan fingerprint density at radius 1 is 1.03 bits per heavy atom. The molecule has 0 amide bonds. The van der Waals surface area contributed by atoms with Crippen molar-refractivity contribution < 1.29 is 19.0 Å². The van der Waals surface area contributed by atoms with Gasteiger partial charge in [-0.25, -0.2) is 9.78 Å². The van der Waals surface area contributed by atoms with E-state index in [4.69, 9.17) is 20.9 Å². The van der Waals surface area contributed by atoms with Crippen LogP contribution >= 0.6 is 0 Å². The number of hydrogen-bond acceptors (Lipinski definition) is 9. The molecular formula is C22H21N5O4. The van der Waals surface area contributed by atoms with Gasteiger partial charge in [0.2, 0.25) is 5.95 Å². The van der Waals surface area contributed by atoms with Crippen molar-refractivity contribution in [3.05, 3.63) is 59.7 Å². The number of nitrogens with two attached hydrogens (primary N) is 2. The third-order valence-corrected chi connectivity index (χ3v) is 4.28. The van der Waals surface area contributed by atoms with Crippen molar-refractivity contribution >= 4 is 17.7 Å². The largest absolute Gasteiger partial charge is 0.493 e. The Balaban J connectivity index is 1.55. The number of benzene rings is 2. The SMILES string of the molecule is COC(=O)c1ccc(OCCCOc2cccc(-c3nc(N)nc(N)c3C#N)c2)cc1. The summed E-state index contributed by atoms with van der Waals surface area (Å²) >= 11 is 0. The van der Waals surface area contributed by atoms with E-state index in [1.165, 1.54) is 7.11 Å². The van der Waals surface area contributed by atoms with E-state index in [0.717, 1.165) is 0 Å². The van der Waals surface area contributed by atoms with E-state index < -0.39 is 5.97 Å². The minimum absolute atomic E-state index is 0.00501. The number of ether oxygens (including phenoxy) is 3. The van der Waals surface area contributed by atoms with Crippen LogP contribution in [0.5, 0.6) is 11.5 Å². The van der Waals surface area contributed by atoms with Crippen molar-refractivity contribution in [3.8, 4) is 28.8 Å². The van der Waals surface area contributed by atoms with Gasteiger partial charge >= 0.3 is 5.97 Å². The zero-order valence-corrected chi connectivity index (χ0v) is 16.9. The summed E-state index contributed by atoms with van der Waals surface area (Å²) in [4.78, 5) is 19.4. The van der Waals surface area contributed by atoms with Crippen LogP contribution in [0.4, 0.5) is 11.8 Å². The van der Waals surface area contributed by atoms with E-state index >= 15 is 0 Å². The first-order valence-electron chi connectivity index (χ1n) is 9.39. The number of carbonyl (C=O) groups excluding carboxylic acids is 1. The molecule has 3 aromatic rings. The van der Waals surface area contributed by atoms with Crippen LogP contribution in [0.2, 0.25) is 0 Å². The average Bonchev–Trinajstić information content (AvgIpc) is 2.78. The van der Waals surface area contributed by atoms with Crippen LogP contribution in [0, 0.1) is 11.3 Å². The van der Waals surface area contributed by atoms with Crippen molar-refractivity contribution in [3.63, 3.8) is 0 Å². The van der Waals surface area contributed by atoms with E-state index in [9.17, 15) is 10.1 Å². The molecular weight excluding hydrogens is 398 g/mol. The van der Waals surface area contributed by atoms with Crippen molar-refractivity contribution in [2.24, 2.45) is 0 Å². The van der Waals surface area contributed by atoms with E-state index in [0.29, 0.717) is 48.0 Å². The number of nitriles is 1. The summed E-state index contributed by atoms with van der Waals surface area (Å²) in [5.41, 5.74) is 13.1. The van der Waals surface area contributed by atoms with Gasteiger partial charge in [-0.1, -0.05) is 12.1 Å². The Bertz CT molecular complexity index is 1110. The molecule has 9 nitrogen and oxygen atoms in total. The summed E-state index contributed by atoms with van der Waals surface area (Å²) in [6.45, 7) is 0.859. The topological polar surface area (TPSA) is 146 Å². The number of rotatable bonds is 8. The van der Waals surface area contributed by atoms with Gasteiger partial charge < -0.3 is 25.7 Å². The van der Waals surface area contributed by atoms with Gasteiger partial charge in [0, 0.05) is 12.0 Å². The fourth-order valence-electron chi connectivity index (χ4n) is 2.79. The van der Waals surface area contributed by atoms with Crippen molar-refractivity contribution in [1.82, 2.24) is 9.97 Å². The molecule has 0 saturated carbocycles. The lowest BCUT2D eigenvalue weighted by Gasteiger charge is -2.10. The smallest absolute Gasteiger partial charge is 0.337 e. The highest BCUT2D eigenvalue weighted by Crippen LogP contribution is 2.28. The number of carbonyl (C=O) groups is 1. The Labute approximate surface area is 179 Å². The highest BCUT2D eigenvalue weighted by molar-refractivity contribution is 5.89. The van der Waals surface area contributed by atoms with Crippen LogP contribution in [-0.2, 0) is 4.74 Å².